The second kappa shape index (κ2) is 5.75. The molecule has 1 aromatic rings. The molecule has 0 spiro atoms. The quantitative estimate of drug-likeness (QED) is 0.790. The SMILES string of the molecule is C/C=C/C(=O)/C=C/c1ccc(OC)c(O)c1. The van der Waals surface area contributed by atoms with Gasteiger partial charge in [0.25, 0.3) is 0 Å². The summed E-state index contributed by atoms with van der Waals surface area (Å²) in [7, 11) is 1.49. The number of aromatic hydroxyl groups is 1. The Morgan fingerprint density at radius 3 is 2.69 bits per heavy atom. The molecule has 0 bridgehead atoms. The normalized spacial score (nSPS) is 11.1. The molecule has 0 fully saturated rings. The molecular formula is C13H14O3. The minimum absolute atomic E-state index is 0.0585. The summed E-state index contributed by atoms with van der Waals surface area (Å²) in [5.74, 6) is 0.387. The molecule has 1 aromatic carbocycles. The highest BCUT2D eigenvalue weighted by Crippen LogP contribution is 2.26. The van der Waals surface area contributed by atoms with Crippen LogP contribution in [0.5, 0.6) is 11.5 Å². The van der Waals surface area contributed by atoms with Crippen molar-refractivity contribution in [3.63, 3.8) is 0 Å². The van der Waals surface area contributed by atoms with E-state index in [4.69, 9.17) is 4.74 Å². The lowest BCUT2D eigenvalue weighted by molar-refractivity contribution is -0.110. The zero-order chi connectivity index (χ0) is 12.0. The molecule has 0 aliphatic rings. The Balaban J connectivity index is 2.83. The van der Waals surface area contributed by atoms with E-state index in [2.05, 4.69) is 0 Å². The molecule has 0 radical (unpaired) electrons. The van der Waals surface area contributed by atoms with E-state index < -0.39 is 0 Å². The molecule has 84 valence electrons. The highest BCUT2D eigenvalue weighted by molar-refractivity contribution is 6.01. The van der Waals surface area contributed by atoms with Crippen LogP contribution in [0, 0.1) is 0 Å². The van der Waals surface area contributed by atoms with Gasteiger partial charge >= 0.3 is 0 Å². The monoisotopic (exact) mass is 218 g/mol. The third-order valence-electron chi connectivity index (χ3n) is 1.97. The summed E-state index contributed by atoms with van der Waals surface area (Å²) in [5.41, 5.74) is 0.746. The molecular weight excluding hydrogens is 204 g/mol. The molecule has 1 N–H and O–H groups in total. The first-order valence-corrected chi connectivity index (χ1v) is 4.89. The Morgan fingerprint density at radius 1 is 1.38 bits per heavy atom. The lowest BCUT2D eigenvalue weighted by Crippen LogP contribution is -1.85. The first kappa shape index (κ1) is 12.0. The fraction of sp³-hybridized carbons (Fsp3) is 0.154. The van der Waals surface area contributed by atoms with E-state index in [1.807, 2.05) is 0 Å². The Bertz CT molecular complexity index is 431. The van der Waals surface area contributed by atoms with E-state index >= 15 is 0 Å². The van der Waals surface area contributed by atoms with Gasteiger partial charge in [-0.3, -0.25) is 4.79 Å². The first-order valence-electron chi connectivity index (χ1n) is 4.89. The largest absolute Gasteiger partial charge is 0.504 e. The van der Waals surface area contributed by atoms with Crippen LogP contribution in [-0.2, 0) is 4.79 Å². The molecule has 0 saturated carbocycles. The van der Waals surface area contributed by atoms with Gasteiger partial charge in [0.2, 0.25) is 0 Å². The predicted octanol–water partition coefficient (Wildman–Crippen LogP) is 2.56. The number of hydrogen-bond donors (Lipinski definition) is 1. The first-order chi connectivity index (χ1) is 7.67. The highest BCUT2D eigenvalue weighted by atomic mass is 16.5. The Hall–Kier alpha value is -2.03. The minimum Gasteiger partial charge on any atom is -0.504 e. The number of phenolic OH excluding ortho intramolecular Hbond substituents is 1. The molecule has 0 aliphatic carbocycles. The minimum atomic E-state index is -0.0854. The molecule has 0 saturated heterocycles. The van der Waals surface area contributed by atoms with Crippen LogP contribution in [0.15, 0.2) is 36.4 Å². The fourth-order valence-corrected chi connectivity index (χ4v) is 1.21. The number of benzene rings is 1. The topological polar surface area (TPSA) is 46.5 Å². The second-order valence-corrected chi connectivity index (χ2v) is 3.17. The molecule has 3 heteroatoms. The lowest BCUT2D eigenvalue weighted by atomic mass is 10.1. The van der Waals surface area contributed by atoms with E-state index in [1.54, 1.807) is 31.2 Å². The predicted molar refractivity (Wildman–Crippen MR) is 63.5 cm³/mol. The molecule has 0 amide bonds. The molecule has 0 unspecified atom stereocenters. The maximum atomic E-state index is 11.2. The number of methoxy groups -OCH3 is 1. The van der Waals surface area contributed by atoms with Crippen LogP contribution in [0.2, 0.25) is 0 Å². The van der Waals surface area contributed by atoms with E-state index in [0.29, 0.717) is 5.75 Å². The summed E-state index contributed by atoms with van der Waals surface area (Å²) in [6.07, 6.45) is 6.24. The van der Waals surface area contributed by atoms with Crippen molar-refractivity contribution in [2.24, 2.45) is 0 Å². The zero-order valence-electron chi connectivity index (χ0n) is 9.31. The van der Waals surface area contributed by atoms with Gasteiger partial charge < -0.3 is 9.84 Å². The van der Waals surface area contributed by atoms with Crippen LogP contribution in [0.25, 0.3) is 6.08 Å². The summed E-state index contributed by atoms with van der Waals surface area (Å²) in [6.45, 7) is 1.78. The van der Waals surface area contributed by atoms with Gasteiger partial charge in [-0.15, -0.1) is 0 Å². The number of ketones is 1. The molecule has 0 aliphatic heterocycles. The van der Waals surface area contributed by atoms with Crippen molar-refractivity contribution in [1.29, 1.82) is 0 Å². The molecule has 0 aromatic heterocycles. The number of phenols is 1. The Kier molecular flexibility index (Phi) is 4.33. The average Bonchev–Trinajstić information content (AvgIpc) is 2.27. The highest BCUT2D eigenvalue weighted by Gasteiger charge is 2.00. The van der Waals surface area contributed by atoms with E-state index in [0.717, 1.165) is 5.56 Å². The van der Waals surface area contributed by atoms with Crippen LogP contribution in [0.3, 0.4) is 0 Å². The summed E-state index contributed by atoms with van der Waals surface area (Å²) >= 11 is 0. The van der Waals surface area contributed by atoms with Crippen molar-refractivity contribution in [2.75, 3.05) is 7.11 Å². The molecule has 0 heterocycles. The van der Waals surface area contributed by atoms with Crippen molar-refractivity contribution in [2.45, 2.75) is 6.92 Å². The summed E-state index contributed by atoms with van der Waals surface area (Å²) in [6, 6.07) is 4.95. The molecule has 16 heavy (non-hydrogen) atoms. The number of hydrogen-bond acceptors (Lipinski definition) is 3. The lowest BCUT2D eigenvalue weighted by Gasteiger charge is -2.02. The summed E-state index contributed by atoms with van der Waals surface area (Å²) in [4.78, 5) is 11.2. The van der Waals surface area contributed by atoms with Gasteiger partial charge in [0.05, 0.1) is 7.11 Å². The van der Waals surface area contributed by atoms with Gasteiger partial charge in [-0.2, -0.15) is 0 Å². The van der Waals surface area contributed by atoms with Gasteiger partial charge in [0.15, 0.2) is 17.3 Å². The molecule has 1 rings (SSSR count). The van der Waals surface area contributed by atoms with Crippen molar-refractivity contribution in [3.8, 4) is 11.5 Å². The maximum absolute atomic E-state index is 11.2. The molecule has 3 nitrogen and oxygen atoms in total. The van der Waals surface area contributed by atoms with Crippen LogP contribution >= 0.6 is 0 Å². The van der Waals surface area contributed by atoms with Crippen molar-refractivity contribution in [1.82, 2.24) is 0 Å². The summed E-state index contributed by atoms with van der Waals surface area (Å²) in [5, 5.41) is 9.50. The van der Waals surface area contributed by atoms with Gasteiger partial charge in [-0.25, -0.2) is 0 Å². The Labute approximate surface area is 94.7 Å². The van der Waals surface area contributed by atoms with E-state index in [-0.39, 0.29) is 11.5 Å². The van der Waals surface area contributed by atoms with Crippen LogP contribution in [0.4, 0.5) is 0 Å². The zero-order valence-corrected chi connectivity index (χ0v) is 9.31. The number of carbonyl (C=O) groups is 1. The van der Waals surface area contributed by atoms with Gasteiger partial charge in [0.1, 0.15) is 0 Å². The maximum Gasteiger partial charge on any atom is 0.178 e. The standard InChI is InChI=1S/C13H14O3/c1-3-4-11(14)7-5-10-6-8-13(16-2)12(15)9-10/h3-9,15H,1-2H3/b4-3+,7-5+. The number of allylic oxidation sites excluding steroid dienone is 3. The molecule has 0 atom stereocenters. The van der Waals surface area contributed by atoms with Crippen LogP contribution < -0.4 is 4.74 Å². The van der Waals surface area contributed by atoms with Crippen LogP contribution in [-0.4, -0.2) is 18.0 Å². The van der Waals surface area contributed by atoms with E-state index in [9.17, 15) is 9.90 Å². The van der Waals surface area contributed by atoms with Gasteiger partial charge in [-0.05, 0) is 36.8 Å². The third kappa shape index (κ3) is 3.28. The van der Waals surface area contributed by atoms with Crippen molar-refractivity contribution < 1.29 is 14.6 Å². The van der Waals surface area contributed by atoms with Crippen LogP contribution in [0.1, 0.15) is 12.5 Å². The summed E-state index contributed by atoms with van der Waals surface area (Å²) < 4.78 is 4.91. The number of rotatable bonds is 4. The van der Waals surface area contributed by atoms with Gasteiger partial charge in [0, 0.05) is 0 Å². The van der Waals surface area contributed by atoms with Crippen molar-refractivity contribution >= 4 is 11.9 Å². The van der Waals surface area contributed by atoms with Gasteiger partial charge in [-0.1, -0.05) is 18.2 Å². The van der Waals surface area contributed by atoms with Crippen molar-refractivity contribution in [3.05, 3.63) is 42.0 Å². The fourth-order valence-electron chi connectivity index (χ4n) is 1.21. The third-order valence-corrected chi connectivity index (χ3v) is 1.97. The second-order valence-electron chi connectivity index (χ2n) is 3.17. The average molecular weight is 218 g/mol. The smallest absolute Gasteiger partial charge is 0.178 e. The van der Waals surface area contributed by atoms with E-state index in [1.165, 1.54) is 25.3 Å². The number of ether oxygens (including phenoxy) is 1. The number of carbonyl (C=O) groups excluding carboxylic acids is 1. The Morgan fingerprint density at radius 2 is 2.12 bits per heavy atom.